The van der Waals surface area contributed by atoms with Gasteiger partial charge in [-0.05, 0) is 55.1 Å². The van der Waals surface area contributed by atoms with Gasteiger partial charge in [-0.1, -0.05) is 59.6 Å². The van der Waals surface area contributed by atoms with Crippen LogP contribution in [0.2, 0.25) is 10.0 Å². The minimum absolute atomic E-state index is 0.392. The lowest BCUT2D eigenvalue weighted by atomic mass is 9.76. The second-order valence-electron chi connectivity index (χ2n) is 5.65. The van der Waals surface area contributed by atoms with Crippen LogP contribution in [-0.2, 0) is 0 Å². The van der Waals surface area contributed by atoms with E-state index in [1.165, 1.54) is 24.0 Å². The summed E-state index contributed by atoms with van der Waals surface area (Å²) < 4.78 is 0. The third kappa shape index (κ3) is 3.42. The van der Waals surface area contributed by atoms with Crippen LogP contribution >= 0.6 is 23.2 Å². The van der Waals surface area contributed by atoms with Crippen LogP contribution in [0.1, 0.15) is 29.9 Å². The average Bonchev–Trinajstić information content (AvgIpc) is 2.53. The smallest absolute Gasteiger partial charge is 0.0595 e. The first-order valence-corrected chi connectivity index (χ1v) is 8.22. The highest BCUT2D eigenvalue weighted by Gasteiger charge is 2.26. The molecule has 1 unspecified atom stereocenters. The minimum atomic E-state index is 0.392. The molecular formula is C18H19Cl2N. The van der Waals surface area contributed by atoms with Gasteiger partial charge < -0.3 is 5.32 Å². The fourth-order valence-electron chi connectivity index (χ4n) is 3.28. The third-order valence-electron chi connectivity index (χ3n) is 4.32. The molecular weight excluding hydrogens is 301 g/mol. The molecule has 110 valence electrons. The van der Waals surface area contributed by atoms with Crippen molar-refractivity contribution < 1.29 is 0 Å². The Hall–Kier alpha value is -1.02. The monoisotopic (exact) mass is 319 g/mol. The molecule has 0 aromatic heterocycles. The maximum Gasteiger partial charge on any atom is 0.0595 e. The first-order valence-electron chi connectivity index (χ1n) is 7.46. The summed E-state index contributed by atoms with van der Waals surface area (Å²) in [7, 11) is 0. The van der Waals surface area contributed by atoms with Crippen LogP contribution in [0.4, 0.5) is 0 Å². The summed E-state index contributed by atoms with van der Waals surface area (Å²) in [6.07, 6.45) is 2.39. The normalized spacial score (nSPS) is 17.6. The molecule has 1 heterocycles. The van der Waals surface area contributed by atoms with Crippen molar-refractivity contribution in [2.75, 3.05) is 13.1 Å². The van der Waals surface area contributed by atoms with E-state index >= 15 is 0 Å². The van der Waals surface area contributed by atoms with Crippen LogP contribution in [0, 0.1) is 5.92 Å². The van der Waals surface area contributed by atoms with Gasteiger partial charge >= 0.3 is 0 Å². The summed E-state index contributed by atoms with van der Waals surface area (Å²) in [5.41, 5.74) is 2.63. The number of piperidine rings is 1. The Bertz CT molecular complexity index is 591. The molecule has 0 amide bonds. The Morgan fingerprint density at radius 2 is 1.57 bits per heavy atom. The van der Waals surface area contributed by atoms with E-state index in [2.05, 4.69) is 41.7 Å². The van der Waals surface area contributed by atoms with Crippen molar-refractivity contribution in [1.82, 2.24) is 5.32 Å². The summed E-state index contributed by atoms with van der Waals surface area (Å²) >= 11 is 12.3. The first-order chi connectivity index (χ1) is 10.3. The molecule has 1 nitrogen and oxygen atoms in total. The van der Waals surface area contributed by atoms with Gasteiger partial charge in [0.05, 0.1) is 10.0 Å². The molecule has 0 radical (unpaired) electrons. The van der Waals surface area contributed by atoms with Gasteiger partial charge in [0.15, 0.2) is 0 Å². The van der Waals surface area contributed by atoms with Crippen LogP contribution in [0.3, 0.4) is 0 Å². The highest BCUT2D eigenvalue weighted by atomic mass is 35.5. The standard InChI is InChI=1S/C18H19Cl2N/c19-16-7-6-15(12-17(16)20)18(13-4-2-1-3-5-13)14-8-10-21-11-9-14/h1-7,12,14,18,21H,8-11H2. The van der Waals surface area contributed by atoms with Crippen molar-refractivity contribution in [3.63, 3.8) is 0 Å². The van der Waals surface area contributed by atoms with Crippen LogP contribution in [0.25, 0.3) is 0 Å². The molecule has 3 rings (SSSR count). The lowest BCUT2D eigenvalue weighted by Crippen LogP contribution is -2.31. The Morgan fingerprint density at radius 1 is 0.857 bits per heavy atom. The van der Waals surface area contributed by atoms with Gasteiger partial charge in [0.2, 0.25) is 0 Å². The highest BCUT2D eigenvalue weighted by molar-refractivity contribution is 6.42. The molecule has 0 bridgehead atoms. The summed E-state index contributed by atoms with van der Waals surface area (Å²) in [5, 5.41) is 4.71. The van der Waals surface area contributed by atoms with Gasteiger partial charge in [0.1, 0.15) is 0 Å². The summed E-state index contributed by atoms with van der Waals surface area (Å²) in [4.78, 5) is 0. The van der Waals surface area contributed by atoms with Crippen molar-refractivity contribution >= 4 is 23.2 Å². The number of hydrogen-bond donors (Lipinski definition) is 1. The van der Waals surface area contributed by atoms with Crippen molar-refractivity contribution in [2.24, 2.45) is 5.92 Å². The molecule has 1 aliphatic heterocycles. The van der Waals surface area contributed by atoms with E-state index in [0.717, 1.165) is 13.1 Å². The second-order valence-corrected chi connectivity index (χ2v) is 6.46. The molecule has 1 aliphatic rings. The highest BCUT2D eigenvalue weighted by Crippen LogP contribution is 2.38. The molecule has 1 N–H and O–H groups in total. The third-order valence-corrected chi connectivity index (χ3v) is 5.06. The number of nitrogens with one attached hydrogen (secondary N) is 1. The minimum Gasteiger partial charge on any atom is -0.317 e. The van der Waals surface area contributed by atoms with Gasteiger partial charge in [-0.2, -0.15) is 0 Å². The average molecular weight is 320 g/mol. The summed E-state index contributed by atoms with van der Waals surface area (Å²) in [6.45, 7) is 2.19. The van der Waals surface area contributed by atoms with E-state index in [-0.39, 0.29) is 0 Å². The number of halogens is 2. The topological polar surface area (TPSA) is 12.0 Å². The molecule has 1 atom stereocenters. The van der Waals surface area contributed by atoms with E-state index < -0.39 is 0 Å². The fraction of sp³-hybridized carbons (Fsp3) is 0.333. The Labute approximate surface area is 136 Å². The number of hydrogen-bond acceptors (Lipinski definition) is 1. The second kappa shape index (κ2) is 6.83. The molecule has 21 heavy (non-hydrogen) atoms. The predicted octanol–water partition coefficient (Wildman–Crippen LogP) is 5.12. The van der Waals surface area contributed by atoms with E-state index in [9.17, 15) is 0 Å². The Balaban J connectivity index is 2.00. The number of rotatable bonds is 3. The molecule has 3 heteroatoms. The van der Waals surface area contributed by atoms with Crippen molar-refractivity contribution in [3.8, 4) is 0 Å². The Morgan fingerprint density at radius 3 is 2.24 bits per heavy atom. The largest absolute Gasteiger partial charge is 0.317 e. The lowest BCUT2D eigenvalue weighted by molar-refractivity contribution is 0.342. The maximum atomic E-state index is 6.24. The van der Waals surface area contributed by atoms with E-state index in [4.69, 9.17) is 23.2 Å². The van der Waals surface area contributed by atoms with Crippen molar-refractivity contribution in [1.29, 1.82) is 0 Å². The van der Waals surface area contributed by atoms with Gasteiger partial charge in [-0.15, -0.1) is 0 Å². The van der Waals surface area contributed by atoms with Gasteiger partial charge in [0.25, 0.3) is 0 Å². The molecule has 2 aromatic carbocycles. The first kappa shape index (κ1) is 14.9. The van der Waals surface area contributed by atoms with Gasteiger partial charge in [-0.3, -0.25) is 0 Å². The summed E-state index contributed by atoms with van der Waals surface area (Å²) in [5.74, 6) is 1.04. The quantitative estimate of drug-likeness (QED) is 0.827. The molecule has 0 aliphatic carbocycles. The predicted molar refractivity (Wildman–Crippen MR) is 90.3 cm³/mol. The van der Waals surface area contributed by atoms with Crippen LogP contribution < -0.4 is 5.32 Å². The van der Waals surface area contributed by atoms with E-state index in [1.54, 1.807) is 0 Å². The molecule has 1 saturated heterocycles. The van der Waals surface area contributed by atoms with E-state index in [1.807, 2.05) is 12.1 Å². The zero-order valence-electron chi connectivity index (χ0n) is 11.9. The van der Waals surface area contributed by atoms with Gasteiger partial charge in [-0.25, -0.2) is 0 Å². The van der Waals surface area contributed by atoms with Crippen LogP contribution in [0.15, 0.2) is 48.5 Å². The number of benzene rings is 2. The zero-order chi connectivity index (χ0) is 14.7. The molecule has 0 saturated carbocycles. The SMILES string of the molecule is Clc1ccc(C(c2ccccc2)C2CCNCC2)cc1Cl. The maximum absolute atomic E-state index is 6.24. The summed E-state index contributed by atoms with van der Waals surface area (Å²) in [6, 6.07) is 16.8. The molecule has 2 aromatic rings. The van der Waals surface area contributed by atoms with Crippen LogP contribution in [-0.4, -0.2) is 13.1 Å². The Kier molecular flexibility index (Phi) is 4.84. The fourth-order valence-corrected chi connectivity index (χ4v) is 3.59. The molecule has 1 fully saturated rings. The zero-order valence-corrected chi connectivity index (χ0v) is 13.4. The lowest BCUT2D eigenvalue weighted by Gasteiger charge is -2.31. The van der Waals surface area contributed by atoms with Crippen molar-refractivity contribution in [2.45, 2.75) is 18.8 Å². The van der Waals surface area contributed by atoms with E-state index in [0.29, 0.717) is 21.9 Å². The van der Waals surface area contributed by atoms with Crippen LogP contribution in [0.5, 0.6) is 0 Å². The molecule has 0 spiro atoms. The van der Waals surface area contributed by atoms with Gasteiger partial charge in [0, 0.05) is 5.92 Å². The van der Waals surface area contributed by atoms with Crippen molar-refractivity contribution in [3.05, 3.63) is 69.7 Å².